The fraction of sp³-hybridized carbons (Fsp3) is 0.222. The maximum absolute atomic E-state index is 10.2. The SMILES string of the molecule is CC[O-].O=C([O-])c1ccccc1Cl.[NH4+].[NH4+]. The summed E-state index contributed by atoms with van der Waals surface area (Å²) in [6, 6.07) is 6.16. The molecule has 88 valence electrons. The second kappa shape index (κ2) is 10.9. The molecule has 0 bridgehead atoms. The van der Waals surface area contributed by atoms with Gasteiger partial charge in [-0.3, -0.25) is 0 Å². The van der Waals surface area contributed by atoms with Crippen LogP contribution in [0, 0.1) is 0 Å². The predicted molar refractivity (Wildman–Crippen MR) is 58.3 cm³/mol. The van der Waals surface area contributed by atoms with Crippen molar-refractivity contribution >= 4 is 17.6 Å². The summed E-state index contributed by atoms with van der Waals surface area (Å²) in [5, 5.41) is 19.4. The molecular formula is C9H17ClN2O3. The summed E-state index contributed by atoms with van der Waals surface area (Å²) in [6.07, 6.45) is 0. The number of hydrogen-bond donors (Lipinski definition) is 2. The van der Waals surface area contributed by atoms with Crippen molar-refractivity contribution in [3.8, 4) is 0 Å². The summed E-state index contributed by atoms with van der Waals surface area (Å²) in [4.78, 5) is 10.2. The van der Waals surface area contributed by atoms with E-state index in [-0.39, 0.29) is 29.5 Å². The molecule has 15 heavy (non-hydrogen) atoms. The predicted octanol–water partition coefficient (Wildman–Crippen LogP) is 0.823. The van der Waals surface area contributed by atoms with E-state index in [4.69, 9.17) is 16.7 Å². The number of carbonyl (C=O) groups is 1. The Labute approximate surface area is 93.9 Å². The fourth-order valence-electron chi connectivity index (χ4n) is 0.627. The molecule has 0 aliphatic heterocycles. The smallest absolute Gasteiger partial charge is 0.0730 e. The van der Waals surface area contributed by atoms with E-state index in [1.807, 2.05) is 0 Å². The first kappa shape index (κ1) is 19.4. The molecule has 0 amide bonds. The highest BCUT2D eigenvalue weighted by Gasteiger charge is 1.96. The van der Waals surface area contributed by atoms with Crippen molar-refractivity contribution in [2.45, 2.75) is 6.92 Å². The molecule has 0 spiro atoms. The standard InChI is InChI=1S/C7H5ClO2.C2H5O.2H3N/c8-6-4-2-1-3-5(6)7(9)10;1-2-3;;/h1-4H,(H,9,10);2H2,1H3;2*1H3/q;-1;;/p+1. The van der Waals surface area contributed by atoms with Crippen LogP contribution in [0.3, 0.4) is 0 Å². The first-order valence-electron chi connectivity index (χ1n) is 3.67. The minimum Gasteiger partial charge on any atom is -0.855 e. The van der Waals surface area contributed by atoms with Gasteiger partial charge in [-0.05, 0) is 6.07 Å². The van der Waals surface area contributed by atoms with Crippen molar-refractivity contribution in [3.63, 3.8) is 0 Å². The summed E-state index contributed by atoms with van der Waals surface area (Å²) in [6.45, 7) is 1.57. The quantitative estimate of drug-likeness (QED) is 0.747. The van der Waals surface area contributed by atoms with Gasteiger partial charge in [0.05, 0.1) is 5.97 Å². The number of carboxylic acid groups (broad SMARTS) is 1. The molecule has 0 atom stereocenters. The van der Waals surface area contributed by atoms with E-state index in [9.17, 15) is 9.90 Å². The van der Waals surface area contributed by atoms with Gasteiger partial charge in [0, 0.05) is 10.6 Å². The van der Waals surface area contributed by atoms with Gasteiger partial charge in [0.1, 0.15) is 0 Å². The lowest BCUT2D eigenvalue weighted by molar-refractivity contribution is -0.361. The maximum Gasteiger partial charge on any atom is 0.0730 e. The largest absolute Gasteiger partial charge is 0.855 e. The van der Waals surface area contributed by atoms with Crippen LogP contribution in [0.25, 0.3) is 0 Å². The van der Waals surface area contributed by atoms with Gasteiger partial charge >= 0.3 is 0 Å². The van der Waals surface area contributed by atoms with Gasteiger partial charge in [-0.1, -0.05) is 36.7 Å². The molecule has 0 aliphatic rings. The van der Waals surface area contributed by atoms with Crippen LogP contribution in [0.15, 0.2) is 24.3 Å². The molecule has 0 fully saturated rings. The Hall–Kier alpha value is -1.14. The van der Waals surface area contributed by atoms with E-state index in [0.29, 0.717) is 0 Å². The third-order valence-electron chi connectivity index (χ3n) is 1.09. The maximum atomic E-state index is 10.2. The van der Waals surface area contributed by atoms with Crippen molar-refractivity contribution in [2.75, 3.05) is 6.61 Å². The van der Waals surface area contributed by atoms with Crippen LogP contribution in [0.4, 0.5) is 0 Å². The number of aromatic carboxylic acids is 1. The van der Waals surface area contributed by atoms with Crippen molar-refractivity contribution in [1.82, 2.24) is 12.3 Å². The Morgan fingerprint density at radius 2 is 1.73 bits per heavy atom. The molecule has 1 rings (SSSR count). The number of carboxylic acids is 1. The zero-order valence-electron chi connectivity index (χ0n) is 9.12. The van der Waals surface area contributed by atoms with E-state index in [2.05, 4.69) is 0 Å². The van der Waals surface area contributed by atoms with Crippen LogP contribution in [-0.2, 0) is 0 Å². The molecule has 1 aromatic carbocycles. The van der Waals surface area contributed by atoms with Crippen LogP contribution in [0.5, 0.6) is 0 Å². The molecule has 0 heterocycles. The Kier molecular flexibility index (Phi) is 14.2. The summed E-state index contributed by atoms with van der Waals surface area (Å²) in [7, 11) is 0. The van der Waals surface area contributed by atoms with Gasteiger partial charge < -0.3 is 27.3 Å². The number of rotatable bonds is 1. The molecule has 8 N–H and O–H groups in total. The first-order chi connectivity index (χ1) is 6.13. The molecular weight excluding hydrogens is 220 g/mol. The zero-order chi connectivity index (χ0) is 10.3. The molecule has 1 aromatic rings. The van der Waals surface area contributed by atoms with E-state index < -0.39 is 5.97 Å². The Balaban J connectivity index is -0.000000260. The van der Waals surface area contributed by atoms with Gasteiger partial charge in [0.15, 0.2) is 0 Å². The second-order valence-electron chi connectivity index (χ2n) is 2.06. The lowest BCUT2D eigenvalue weighted by Crippen LogP contribution is -2.22. The molecule has 0 unspecified atom stereocenters. The highest BCUT2D eigenvalue weighted by Crippen LogP contribution is 2.12. The minimum absolute atomic E-state index is 0. The van der Waals surface area contributed by atoms with Gasteiger partial charge in [0.25, 0.3) is 0 Å². The fourth-order valence-corrected chi connectivity index (χ4v) is 0.840. The van der Waals surface area contributed by atoms with Crippen LogP contribution < -0.4 is 22.5 Å². The van der Waals surface area contributed by atoms with Gasteiger partial charge in [-0.2, -0.15) is 0 Å². The van der Waals surface area contributed by atoms with E-state index in [1.54, 1.807) is 19.1 Å². The third-order valence-corrected chi connectivity index (χ3v) is 1.42. The Bertz CT molecular complexity index is 282. The molecule has 0 aliphatic carbocycles. The van der Waals surface area contributed by atoms with Crippen molar-refractivity contribution in [3.05, 3.63) is 34.9 Å². The highest BCUT2D eigenvalue weighted by atomic mass is 35.5. The first-order valence-corrected chi connectivity index (χ1v) is 4.05. The topological polar surface area (TPSA) is 136 Å². The van der Waals surface area contributed by atoms with Crippen LogP contribution in [0.2, 0.25) is 5.02 Å². The Morgan fingerprint density at radius 1 is 1.33 bits per heavy atom. The number of carbonyl (C=O) groups excluding carboxylic acids is 1. The number of hydrogen-bond acceptors (Lipinski definition) is 3. The Morgan fingerprint density at radius 3 is 2.00 bits per heavy atom. The monoisotopic (exact) mass is 236 g/mol. The van der Waals surface area contributed by atoms with Gasteiger partial charge in [0.2, 0.25) is 0 Å². The summed E-state index contributed by atoms with van der Waals surface area (Å²) in [5.74, 6) is -1.24. The number of halogens is 1. The molecule has 0 aromatic heterocycles. The molecule has 6 heteroatoms. The van der Waals surface area contributed by atoms with E-state index in [1.165, 1.54) is 12.1 Å². The average Bonchev–Trinajstić information content (AvgIpc) is 2.06. The number of benzene rings is 1. The van der Waals surface area contributed by atoms with Crippen molar-refractivity contribution in [1.29, 1.82) is 0 Å². The highest BCUT2D eigenvalue weighted by molar-refractivity contribution is 6.33. The average molecular weight is 237 g/mol. The summed E-state index contributed by atoms with van der Waals surface area (Å²) in [5.41, 5.74) is 0.0316. The normalized spacial score (nSPS) is 7.40. The summed E-state index contributed by atoms with van der Waals surface area (Å²) >= 11 is 5.50. The van der Waals surface area contributed by atoms with Crippen molar-refractivity contribution < 1.29 is 15.0 Å². The van der Waals surface area contributed by atoms with Gasteiger partial charge in [-0.15, -0.1) is 6.61 Å². The summed E-state index contributed by atoms with van der Waals surface area (Å²) < 4.78 is 0. The van der Waals surface area contributed by atoms with Gasteiger partial charge in [-0.25, -0.2) is 0 Å². The molecule has 0 saturated heterocycles. The second-order valence-corrected chi connectivity index (χ2v) is 2.46. The van der Waals surface area contributed by atoms with Crippen molar-refractivity contribution in [2.24, 2.45) is 0 Å². The molecule has 0 radical (unpaired) electrons. The van der Waals surface area contributed by atoms with E-state index in [0.717, 1.165) is 0 Å². The molecule has 5 nitrogen and oxygen atoms in total. The lowest BCUT2D eigenvalue weighted by atomic mass is 10.2. The lowest BCUT2D eigenvalue weighted by Gasteiger charge is -2.02. The number of quaternary nitrogens is 2. The van der Waals surface area contributed by atoms with Crippen LogP contribution in [-0.4, -0.2) is 12.6 Å². The van der Waals surface area contributed by atoms with Crippen LogP contribution in [0.1, 0.15) is 17.3 Å². The van der Waals surface area contributed by atoms with E-state index >= 15 is 0 Å². The minimum atomic E-state index is -1.24. The third kappa shape index (κ3) is 7.90. The van der Waals surface area contributed by atoms with Crippen LogP contribution >= 0.6 is 11.6 Å². The molecule has 0 saturated carbocycles. The zero-order valence-corrected chi connectivity index (χ0v) is 9.88.